The molecule has 0 saturated carbocycles. The van der Waals surface area contributed by atoms with Gasteiger partial charge in [0.25, 0.3) is 0 Å². The monoisotopic (exact) mass is 181 g/mol. The van der Waals surface area contributed by atoms with Gasteiger partial charge < -0.3 is 9.52 Å². The van der Waals surface area contributed by atoms with Gasteiger partial charge in [-0.1, -0.05) is 0 Å². The molecule has 1 heterocycles. The topological polar surface area (TPSA) is 63.3 Å². The molecule has 1 N–H and O–H groups in total. The number of fused-ring (bicyclic) bond motifs is 1. The SMILES string of the molecule is O=C(O)c1c(F)ccc2ncoc12. The summed E-state index contributed by atoms with van der Waals surface area (Å²) in [5.74, 6) is -2.18. The lowest BCUT2D eigenvalue weighted by atomic mass is 10.2. The van der Waals surface area contributed by atoms with Crippen LogP contribution in [0.25, 0.3) is 11.1 Å². The molecule has 0 radical (unpaired) electrons. The fourth-order valence-electron chi connectivity index (χ4n) is 1.10. The van der Waals surface area contributed by atoms with Crippen molar-refractivity contribution in [1.82, 2.24) is 4.98 Å². The van der Waals surface area contributed by atoms with Crippen LogP contribution in [0.15, 0.2) is 22.9 Å². The van der Waals surface area contributed by atoms with Crippen LogP contribution in [0.2, 0.25) is 0 Å². The predicted molar refractivity (Wildman–Crippen MR) is 40.9 cm³/mol. The number of rotatable bonds is 1. The quantitative estimate of drug-likeness (QED) is 0.726. The van der Waals surface area contributed by atoms with Crippen LogP contribution in [-0.2, 0) is 0 Å². The molecular weight excluding hydrogens is 177 g/mol. The van der Waals surface area contributed by atoms with Gasteiger partial charge in [-0.05, 0) is 12.1 Å². The molecule has 0 bridgehead atoms. The van der Waals surface area contributed by atoms with Crippen molar-refractivity contribution in [3.63, 3.8) is 0 Å². The molecule has 0 amide bonds. The minimum absolute atomic E-state index is 0.0347. The van der Waals surface area contributed by atoms with Crippen molar-refractivity contribution < 1.29 is 18.7 Å². The molecule has 0 aliphatic rings. The van der Waals surface area contributed by atoms with E-state index in [0.717, 1.165) is 12.5 Å². The van der Waals surface area contributed by atoms with Gasteiger partial charge in [-0.15, -0.1) is 0 Å². The van der Waals surface area contributed by atoms with E-state index in [1.807, 2.05) is 0 Å². The van der Waals surface area contributed by atoms with Gasteiger partial charge in [0, 0.05) is 0 Å². The molecule has 5 heteroatoms. The molecule has 0 spiro atoms. The number of aromatic carboxylic acids is 1. The molecule has 1 aromatic heterocycles. The van der Waals surface area contributed by atoms with Gasteiger partial charge in [0.1, 0.15) is 16.9 Å². The maximum atomic E-state index is 13.0. The minimum Gasteiger partial charge on any atom is -0.477 e. The van der Waals surface area contributed by atoms with Crippen LogP contribution in [0.4, 0.5) is 4.39 Å². The number of carbonyl (C=O) groups is 1. The van der Waals surface area contributed by atoms with Crippen molar-refractivity contribution in [2.24, 2.45) is 0 Å². The van der Waals surface area contributed by atoms with Crippen LogP contribution in [-0.4, -0.2) is 16.1 Å². The lowest BCUT2D eigenvalue weighted by Gasteiger charge is -1.95. The molecule has 0 aliphatic carbocycles. The van der Waals surface area contributed by atoms with Gasteiger partial charge in [0.2, 0.25) is 0 Å². The molecule has 0 aliphatic heterocycles. The summed E-state index contributed by atoms with van der Waals surface area (Å²) in [5.41, 5.74) is -0.179. The van der Waals surface area contributed by atoms with E-state index >= 15 is 0 Å². The number of benzene rings is 1. The summed E-state index contributed by atoms with van der Waals surface area (Å²) in [6.07, 6.45) is 1.08. The van der Waals surface area contributed by atoms with E-state index in [1.165, 1.54) is 6.07 Å². The normalized spacial score (nSPS) is 10.5. The third kappa shape index (κ3) is 1.05. The first-order valence-corrected chi connectivity index (χ1v) is 3.45. The summed E-state index contributed by atoms with van der Waals surface area (Å²) in [6, 6.07) is 2.41. The van der Waals surface area contributed by atoms with Crippen molar-refractivity contribution in [3.05, 3.63) is 29.9 Å². The van der Waals surface area contributed by atoms with Gasteiger partial charge in [0.15, 0.2) is 12.0 Å². The van der Waals surface area contributed by atoms with E-state index in [2.05, 4.69) is 4.98 Å². The zero-order valence-corrected chi connectivity index (χ0v) is 6.32. The predicted octanol–water partition coefficient (Wildman–Crippen LogP) is 1.67. The molecular formula is C8H4FNO3. The smallest absolute Gasteiger partial charge is 0.342 e. The molecule has 13 heavy (non-hydrogen) atoms. The Morgan fingerprint density at radius 2 is 2.31 bits per heavy atom. The van der Waals surface area contributed by atoms with Crippen molar-refractivity contribution in [2.75, 3.05) is 0 Å². The van der Waals surface area contributed by atoms with E-state index in [1.54, 1.807) is 0 Å². The zero-order valence-electron chi connectivity index (χ0n) is 6.32. The Kier molecular flexibility index (Phi) is 1.51. The highest BCUT2D eigenvalue weighted by atomic mass is 19.1. The lowest BCUT2D eigenvalue weighted by molar-refractivity contribution is 0.0693. The summed E-state index contributed by atoms with van der Waals surface area (Å²) in [5, 5.41) is 8.65. The fourth-order valence-corrected chi connectivity index (χ4v) is 1.10. The Hall–Kier alpha value is -1.91. The standard InChI is InChI=1S/C8H4FNO3/c9-4-1-2-5-7(13-3-10-5)6(4)8(11)12/h1-3H,(H,11,12). The number of aromatic nitrogens is 1. The Balaban J connectivity index is 2.88. The van der Waals surface area contributed by atoms with E-state index < -0.39 is 17.3 Å². The zero-order chi connectivity index (χ0) is 9.42. The van der Waals surface area contributed by atoms with E-state index in [-0.39, 0.29) is 5.58 Å². The number of hydrogen-bond donors (Lipinski definition) is 1. The molecule has 0 saturated heterocycles. The van der Waals surface area contributed by atoms with Gasteiger partial charge in [0.05, 0.1) is 0 Å². The largest absolute Gasteiger partial charge is 0.477 e. The van der Waals surface area contributed by atoms with Crippen LogP contribution >= 0.6 is 0 Å². The van der Waals surface area contributed by atoms with Crippen LogP contribution < -0.4 is 0 Å². The van der Waals surface area contributed by atoms with Gasteiger partial charge in [-0.3, -0.25) is 0 Å². The van der Waals surface area contributed by atoms with Gasteiger partial charge in [-0.2, -0.15) is 0 Å². The second-order valence-corrected chi connectivity index (χ2v) is 2.43. The number of carboxylic acids is 1. The van der Waals surface area contributed by atoms with Gasteiger partial charge >= 0.3 is 5.97 Å². The highest BCUT2D eigenvalue weighted by Gasteiger charge is 2.17. The van der Waals surface area contributed by atoms with Crippen LogP contribution in [0.1, 0.15) is 10.4 Å². The third-order valence-corrected chi connectivity index (χ3v) is 1.66. The average molecular weight is 181 g/mol. The third-order valence-electron chi connectivity index (χ3n) is 1.66. The highest BCUT2D eigenvalue weighted by Crippen LogP contribution is 2.20. The van der Waals surface area contributed by atoms with E-state index in [4.69, 9.17) is 9.52 Å². The number of nitrogens with zero attached hydrogens (tertiary/aromatic N) is 1. The summed E-state index contributed by atoms with van der Waals surface area (Å²) < 4.78 is 17.7. The fraction of sp³-hybridized carbons (Fsp3) is 0. The van der Waals surface area contributed by atoms with Crippen molar-refractivity contribution in [1.29, 1.82) is 0 Å². The molecule has 1 aromatic carbocycles. The first-order chi connectivity index (χ1) is 6.20. The molecule has 66 valence electrons. The Morgan fingerprint density at radius 1 is 1.54 bits per heavy atom. The van der Waals surface area contributed by atoms with E-state index in [0.29, 0.717) is 5.52 Å². The van der Waals surface area contributed by atoms with Crippen LogP contribution in [0.5, 0.6) is 0 Å². The van der Waals surface area contributed by atoms with Gasteiger partial charge in [-0.25, -0.2) is 14.2 Å². The number of carboxylic acid groups (broad SMARTS) is 1. The minimum atomic E-state index is -1.36. The van der Waals surface area contributed by atoms with Crippen molar-refractivity contribution >= 4 is 17.1 Å². The summed E-state index contributed by atoms with van der Waals surface area (Å²) >= 11 is 0. The molecule has 4 nitrogen and oxygen atoms in total. The Bertz CT molecular complexity index is 477. The lowest BCUT2D eigenvalue weighted by Crippen LogP contribution is -2.00. The second-order valence-electron chi connectivity index (χ2n) is 2.43. The van der Waals surface area contributed by atoms with Crippen LogP contribution in [0, 0.1) is 5.82 Å². The number of oxazole rings is 1. The maximum Gasteiger partial charge on any atom is 0.342 e. The summed E-state index contributed by atoms with van der Waals surface area (Å²) in [7, 11) is 0. The second kappa shape index (κ2) is 2.55. The first-order valence-electron chi connectivity index (χ1n) is 3.45. The average Bonchev–Trinajstić information content (AvgIpc) is 2.50. The van der Waals surface area contributed by atoms with E-state index in [9.17, 15) is 9.18 Å². The summed E-state index contributed by atoms with van der Waals surface area (Å²) in [6.45, 7) is 0. The molecule has 0 atom stereocenters. The maximum absolute atomic E-state index is 13.0. The number of hydrogen-bond acceptors (Lipinski definition) is 3. The summed E-state index contributed by atoms with van der Waals surface area (Å²) in [4.78, 5) is 14.3. The molecule has 2 rings (SSSR count). The molecule has 0 fully saturated rings. The van der Waals surface area contributed by atoms with Crippen molar-refractivity contribution in [2.45, 2.75) is 0 Å². The Morgan fingerprint density at radius 3 is 3.00 bits per heavy atom. The number of halogens is 1. The highest BCUT2D eigenvalue weighted by molar-refractivity contribution is 6.00. The molecule has 0 unspecified atom stereocenters. The Labute approximate surface area is 71.6 Å². The van der Waals surface area contributed by atoms with Crippen LogP contribution in [0.3, 0.4) is 0 Å². The molecule has 2 aromatic rings. The first kappa shape index (κ1) is 7.72. The van der Waals surface area contributed by atoms with Crippen molar-refractivity contribution in [3.8, 4) is 0 Å².